The van der Waals surface area contributed by atoms with E-state index in [1.54, 1.807) is 0 Å². The van der Waals surface area contributed by atoms with Crippen molar-refractivity contribution in [2.24, 2.45) is 0 Å². The summed E-state index contributed by atoms with van der Waals surface area (Å²) in [4.78, 5) is 10.9. The van der Waals surface area contributed by atoms with Crippen molar-refractivity contribution >= 4 is 22.6 Å². The second-order valence-electron chi connectivity index (χ2n) is 2.70. The summed E-state index contributed by atoms with van der Waals surface area (Å²) in [5, 5.41) is -0.638. The molecule has 0 radical (unpaired) electrons. The Morgan fingerprint density at radius 1 is 1.21 bits per heavy atom. The molecule has 72 valence electrons. The van der Waals surface area contributed by atoms with Crippen LogP contribution in [0.3, 0.4) is 0 Å². The molecule has 4 heteroatoms. The van der Waals surface area contributed by atoms with Crippen LogP contribution in [0.5, 0.6) is 0 Å². The lowest BCUT2D eigenvalue weighted by Crippen LogP contribution is -1.95. The SMILES string of the molecule is O=C(Cl)C1=C(c2ccccc2)OCO1. The standard InChI is InChI=1S/C10H7ClO3/c11-10(12)9-8(13-6-14-9)7-4-2-1-3-5-7/h1-5H,6H2. The summed E-state index contributed by atoms with van der Waals surface area (Å²) in [5.41, 5.74) is 0.786. The van der Waals surface area contributed by atoms with Crippen LogP contribution in [0.4, 0.5) is 0 Å². The zero-order valence-electron chi connectivity index (χ0n) is 7.20. The van der Waals surface area contributed by atoms with Crippen LogP contribution in [0, 0.1) is 0 Å². The first-order valence-electron chi connectivity index (χ1n) is 4.04. The van der Waals surface area contributed by atoms with E-state index in [4.69, 9.17) is 21.1 Å². The average Bonchev–Trinajstić information content (AvgIpc) is 2.67. The van der Waals surface area contributed by atoms with Crippen molar-refractivity contribution < 1.29 is 14.3 Å². The maximum Gasteiger partial charge on any atom is 0.291 e. The van der Waals surface area contributed by atoms with Gasteiger partial charge in [0.15, 0.2) is 5.76 Å². The number of hydrogen-bond acceptors (Lipinski definition) is 3. The van der Waals surface area contributed by atoms with Crippen molar-refractivity contribution in [3.63, 3.8) is 0 Å². The number of hydrogen-bond donors (Lipinski definition) is 0. The normalized spacial score (nSPS) is 14.9. The quantitative estimate of drug-likeness (QED) is 0.702. The molecule has 0 saturated carbocycles. The van der Waals surface area contributed by atoms with Gasteiger partial charge in [0.2, 0.25) is 12.6 Å². The molecule has 0 amide bonds. The second-order valence-corrected chi connectivity index (χ2v) is 3.05. The van der Waals surface area contributed by atoms with Crippen molar-refractivity contribution in [1.82, 2.24) is 0 Å². The van der Waals surface area contributed by atoms with Gasteiger partial charge in [-0.1, -0.05) is 30.3 Å². The third-order valence-electron chi connectivity index (χ3n) is 1.83. The molecule has 0 aromatic heterocycles. The number of rotatable bonds is 2. The Morgan fingerprint density at radius 3 is 2.57 bits per heavy atom. The van der Waals surface area contributed by atoms with E-state index < -0.39 is 5.24 Å². The molecular formula is C10H7ClO3. The Hall–Kier alpha value is -1.48. The van der Waals surface area contributed by atoms with Crippen LogP contribution in [-0.4, -0.2) is 12.0 Å². The van der Waals surface area contributed by atoms with E-state index in [0.717, 1.165) is 5.56 Å². The highest BCUT2D eigenvalue weighted by atomic mass is 35.5. The minimum Gasteiger partial charge on any atom is -0.453 e. The van der Waals surface area contributed by atoms with Gasteiger partial charge < -0.3 is 9.47 Å². The predicted octanol–water partition coefficient (Wildman–Crippen LogP) is 2.12. The molecule has 0 N–H and O–H groups in total. The third kappa shape index (κ3) is 1.59. The van der Waals surface area contributed by atoms with E-state index in [0.29, 0.717) is 5.76 Å². The van der Waals surface area contributed by atoms with Crippen LogP contribution >= 0.6 is 11.6 Å². The van der Waals surface area contributed by atoms with Crippen LogP contribution in [0.25, 0.3) is 5.76 Å². The monoisotopic (exact) mass is 210 g/mol. The second kappa shape index (κ2) is 3.72. The summed E-state index contributed by atoms with van der Waals surface area (Å²) >= 11 is 5.33. The first-order valence-corrected chi connectivity index (χ1v) is 4.42. The maximum absolute atomic E-state index is 10.9. The molecule has 1 heterocycles. The molecule has 3 nitrogen and oxygen atoms in total. The highest BCUT2D eigenvalue weighted by molar-refractivity contribution is 6.67. The van der Waals surface area contributed by atoms with Crippen molar-refractivity contribution in [2.45, 2.75) is 0 Å². The van der Waals surface area contributed by atoms with Gasteiger partial charge in [-0.15, -0.1) is 0 Å². The van der Waals surface area contributed by atoms with Gasteiger partial charge in [-0.3, -0.25) is 4.79 Å². The van der Waals surface area contributed by atoms with Gasteiger partial charge >= 0.3 is 0 Å². The van der Waals surface area contributed by atoms with Gasteiger partial charge in [-0.25, -0.2) is 0 Å². The molecule has 0 aliphatic carbocycles. The largest absolute Gasteiger partial charge is 0.453 e. The van der Waals surface area contributed by atoms with E-state index in [2.05, 4.69) is 0 Å². The molecule has 1 aliphatic rings. The zero-order valence-corrected chi connectivity index (χ0v) is 7.95. The summed E-state index contributed by atoms with van der Waals surface area (Å²) in [5.74, 6) is 0.489. The topological polar surface area (TPSA) is 35.5 Å². The smallest absolute Gasteiger partial charge is 0.291 e. The van der Waals surface area contributed by atoms with Crippen molar-refractivity contribution in [3.8, 4) is 0 Å². The summed E-state index contributed by atoms with van der Waals surface area (Å²) < 4.78 is 10.1. The highest BCUT2D eigenvalue weighted by Gasteiger charge is 2.23. The van der Waals surface area contributed by atoms with E-state index in [-0.39, 0.29) is 12.6 Å². The van der Waals surface area contributed by atoms with Crippen molar-refractivity contribution in [3.05, 3.63) is 41.7 Å². The van der Waals surface area contributed by atoms with Gasteiger partial charge in [-0.05, 0) is 11.6 Å². The molecular weight excluding hydrogens is 204 g/mol. The Kier molecular flexibility index (Phi) is 2.41. The van der Waals surface area contributed by atoms with Gasteiger partial charge in [0, 0.05) is 5.56 Å². The molecule has 0 fully saturated rings. The summed E-state index contributed by atoms with van der Waals surface area (Å²) in [6.45, 7) is 0.0397. The van der Waals surface area contributed by atoms with E-state index in [9.17, 15) is 4.79 Å². The minimum atomic E-state index is -0.638. The van der Waals surface area contributed by atoms with Crippen LogP contribution in [0.2, 0.25) is 0 Å². The zero-order chi connectivity index (χ0) is 9.97. The molecule has 0 unspecified atom stereocenters. The first kappa shape index (κ1) is 9.09. The van der Waals surface area contributed by atoms with Gasteiger partial charge in [-0.2, -0.15) is 0 Å². The van der Waals surface area contributed by atoms with Crippen molar-refractivity contribution in [1.29, 1.82) is 0 Å². The Balaban J connectivity index is 2.43. The fraction of sp³-hybridized carbons (Fsp3) is 0.100. The number of ether oxygens (including phenoxy) is 2. The maximum atomic E-state index is 10.9. The molecule has 1 aromatic carbocycles. The fourth-order valence-corrected chi connectivity index (χ4v) is 1.37. The van der Waals surface area contributed by atoms with E-state index >= 15 is 0 Å². The van der Waals surface area contributed by atoms with Gasteiger partial charge in [0.05, 0.1) is 0 Å². The van der Waals surface area contributed by atoms with Gasteiger partial charge in [0.1, 0.15) is 0 Å². The Morgan fingerprint density at radius 2 is 1.93 bits per heavy atom. The molecule has 0 atom stereocenters. The third-order valence-corrected chi connectivity index (χ3v) is 2.00. The fourth-order valence-electron chi connectivity index (χ4n) is 1.23. The van der Waals surface area contributed by atoms with Gasteiger partial charge in [0.25, 0.3) is 5.24 Å². The number of carbonyl (C=O) groups excluding carboxylic acids is 1. The Bertz CT molecular complexity index is 384. The number of allylic oxidation sites excluding steroid dienone is 1. The van der Waals surface area contributed by atoms with Crippen LogP contribution in [0.15, 0.2) is 36.1 Å². The lowest BCUT2D eigenvalue weighted by atomic mass is 10.2. The number of benzene rings is 1. The minimum absolute atomic E-state index is 0.0397. The van der Waals surface area contributed by atoms with Crippen LogP contribution in [-0.2, 0) is 14.3 Å². The molecule has 1 aromatic rings. The van der Waals surface area contributed by atoms with Crippen molar-refractivity contribution in [2.75, 3.05) is 6.79 Å². The first-order chi connectivity index (χ1) is 6.79. The number of halogens is 1. The predicted molar refractivity (Wildman–Crippen MR) is 51.3 cm³/mol. The molecule has 0 saturated heterocycles. The lowest BCUT2D eigenvalue weighted by Gasteiger charge is -2.00. The molecule has 0 bridgehead atoms. The summed E-state index contributed by atoms with van der Waals surface area (Å²) in [7, 11) is 0. The Labute approximate surface area is 85.9 Å². The van der Waals surface area contributed by atoms with E-state index in [1.807, 2.05) is 30.3 Å². The highest BCUT2D eigenvalue weighted by Crippen LogP contribution is 2.27. The average molecular weight is 211 g/mol. The summed E-state index contributed by atoms with van der Waals surface area (Å²) in [6.07, 6.45) is 0. The molecule has 1 aliphatic heterocycles. The lowest BCUT2D eigenvalue weighted by molar-refractivity contribution is -0.111. The van der Waals surface area contributed by atoms with E-state index in [1.165, 1.54) is 0 Å². The molecule has 14 heavy (non-hydrogen) atoms. The molecule has 0 spiro atoms. The number of carbonyl (C=O) groups is 1. The van der Waals surface area contributed by atoms with Crippen LogP contribution in [0.1, 0.15) is 5.56 Å². The molecule has 2 rings (SSSR count). The van der Waals surface area contributed by atoms with Crippen LogP contribution < -0.4 is 0 Å². The summed E-state index contributed by atoms with van der Waals surface area (Å²) in [6, 6.07) is 9.22.